The topological polar surface area (TPSA) is 17.8 Å². The highest BCUT2D eigenvalue weighted by molar-refractivity contribution is 5.26. The van der Waals surface area contributed by atoms with Crippen LogP contribution in [0.3, 0.4) is 0 Å². The fourth-order valence-electron chi connectivity index (χ4n) is 3.56. The third-order valence-electron chi connectivity index (χ3n) is 4.41. The third kappa shape index (κ3) is 1.42. The molecule has 0 bridgehead atoms. The molecule has 2 aliphatic rings. The van der Waals surface area contributed by atoms with E-state index < -0.39 is 0 Å². The average Bonchev–Trinajstić information content (AvgIpc) is 2.74. The van der Waals surface area contributed by atoms with Crippen LogP contribution in [-0.4, -0.2) is 9.78 Å². The Morgan fingerprint density at radius 1 is 1.38 bits per heavy atom. The zero-order chi connectivity index (χ0) is 11.3. The zero-order valence-corrected chi connectivity index (χ0v) is 10.6. The molecule has 0 amide bonds. The van der Waals surface area contributed by atoms with Crippen molar-refractivity contribution in [3.05, 3.63) is 17.5 Å². The van der Waals surface area contributed by atoms with E-state index >= 15 is 0 Å². The number of rotatable bonds is 3. The van der Waals surface area contributed by atoms with Gasteiger partial charge in [-0.2, -0.15) is 5.10 Å². The largest absolute Gasteiger partial charge is 0.267 e. The van der Waals surface area contributed by atoms with E-state index in [-0.39, 0.29) is 0 Å². The molecule has 1 aromatic rings. The molecule has 88 valence electrons. The zero-order valence-electron chi connectivity index (χ0n) is 10.6. The maximum Gasteiger partial charge on any atom is 0.0625 e. The van der Waals surface area contributed by atoms with E-state index in [1.807, 2.05) is 0 Å². The smallest absolute Gasteiger partial charge is 0.0625 e. The summed E-state index contributed by atoms with van der Waals surface area (Å²) < 4.78 is 2.28. The van der Waals surface area contributed by atoms with Crippen molar-refractivity contribution in [2.45, 2.75) is 58.4 Å². The first-order chi connectivity index (χ1) is 7.72. The van der Waals surface area contributed by atoms with Gasteiger partial charge >= 0.3 is 0 Å². The third-order valence-corrected chi connectivity index (χ3v) is 4.41. The van der Waals surface area contributed by atoms with Crippen molar-refractivity contribution in [2.75, 3.05) is 0 Å². The minimum Gasteiger partial charge on any atom is -0.267 e. The van der Waals surface area contributed by atoms with E-state index in [4.69, 9.17) is 5.10 Å². The molecule has 3 rings (SSSR count). The predicted octanol–water partition coefficient (Wildman–Crippen LogP) is 3.54. The summed E-state index contributed by atoms with van der Waals surface area (Å²) in [6.45, 7) is 6.69. The molecule has 1 aromatic heterocycles. The lowest BCUT2D eigenvalue weighted by Crippen LogP contribution is -2.08. The average molecular weight is 218 g/mol. The summed E-state index contributed by atoms with van der Waals surface area (Å²) in [5.41, 5.74) is 2.80. The van der Waals surface area contributed by atoms with E-state index in [2.05, 4.69) is 31.5 Å². The second kappa shape index (κ2) is 3.61. The molecular formula is C14H22N2. The van der Waals surface area contributed by atoms with Gasteiger partial charge in [-0.1, -0.05) is 13.3 Å². The Hall–Kier alpha value is -0.790. The number of nitrogens with zero attached hydrogens (tertiary/aromatic N) is 2. The maximum atomic E-state index is 4.73. The number of hydrogen-bond acceptors (Lipinski definition) is 1. The van der Waals surface area contributed by atoms with Crippen molar-refractivity contribution in [1.82, 2.24) is 9.78 Å². The Bertz CT molecular complexity index is 381. The second-order valence-corrected chi connectivity index (χ2v) is 5.74. The molecule has 16 heavy (non-hydrogen) atoms. The van der Waals surface area contributed by atoms with Crippen LogP contribution in [0.15, 0.2) is 6.07 Å². The molecule has 0 radical (unpaired) electrons. The molecule has 0 aromatic carbocycles. The van der Waals surface area contributed by atoms with Crippen LogP contribution in [0.5, 0.6) is 0 Å². The number of aryl methyl sites for hydroxylation is 1. The van der Waals surface area contributed by atoms with Crippen molar-refractivity contribution in [3.63, 3.8) is 0 Å². The molecule has 0 saturated heterocycles. The molecule has 2 aliphatic carbocycles. The Labute approximate surface area is 98.0 Å². The van der Waals surface area contributed by atoms with Crippen LogP contribution in [0.1, 0.15) is 63.4 Å². The first-order valence-electron chi connectivity index (χ1n) is 6.80. The van der Waals surface area contributed by atoms with Crippen LogP contribution in [0.25, 0.3) is 0 Å². The Kier molecular flexibility index (Phi) is 2.34. The van der Waals surface area contributed by atoms with Crippen LogP contribution in [0.2, 0.25) is 0 Å². The van der Waals surface area contributed by atoms with Crippen LogP contribution < -0.4 is 0 Å². The van der Waals surface area contributed by atoms with E-state index in [1.54, 1.807) is 0 Å². The van der Waals surface area contributed by atoms with Crippen LogP contribution >= 0.6 is 0 Å². The molecule has 0 aliphatic heterocycles. The van der Waals surface area contributed by atoms with Gasteiger partial charge in [-0.15, -0.1) is 0 Å². The second-order valence-electron chi connectivity index (χ2n) is 5.74. The summed E-state index contributed by atoms with van der Waals surface area (Å²) in [6, 6.07) is 2.87. The molecule has 2 nitrogen and oxygen atoms in total. The van der Waals surface area contributed by atoms with Gasteiger partial charge in [0.1, 0.15) is 0 Å². The lowest BCUT2D eigenvalue weighted by molar-refractivity contribution is 0.493. The van der Waals surface area contributed by atoms with Crippen molar-refractivity contribution in [1.29, 1.82) is 0 Å². The molecule has 0 unspecified atom stereocenters. The monoisotopic (exact) mass is 218 g/mol. The Morgan fingerprint density at radius 3 is 2.62 bits per heavy atom. The number of fused-ring (bicyclic) bond motifs is 1. The normalized spacial score (nSPS) is 32.1. The minimum atomic E-state index is 0.511. The van der Waals surface area contributed by atoms with Crippen molar-refractivity contribution in [2.24, 2.45) is 11.8 Å². The van der Waals surface area contributed by atoms with E-state index in [0.29, 0.717) is 6.04 Å². The quantitative estimate of drug-likeness (QED) is 0.758. The van der Waals surface area contributed by atoms with Crippen molar-refractivity contribution >= 4 is 0 Å². The Balaban J connectivity index is 1.91. The van der Waals surface area contributed by atoms with Gasteiger partial charge in [0.05, 0.1) is 5.69 Å². The Morgan fingerprint density at radius 2 is 2.06 bits per heavy atom. The fourth-order valence-corrected chi connectivity index (χ4v) is 3.56. The van der Waals surface area contributed by atoms with Crippen LogP contribution in [0.4, 0.5) is 0 Å². The first-order valence-corrected chi connectivity index (χ1v) is 6.80. The summed E-state index contributed by atoms with van der Waals surface area (Å²) in [7, 11) is 0. The van der Waals surface area contributed by atoms with Gasteiger partial charge in [0.25, 0.3) is 0 Å². The van der Waals surface area contributed by atoms with Crippen molar-refractivity contribution < 1.29 is 0 Å². The highest BCUT2D eigenvalue weighted by Gasteiger charge is 2.54. The molecule has 0 spiro atoms. The first kappa shape index (κ1) is 10.4. The van der Waals surface area contributed by atoms with Gasteiger partial charge < -0.3 is 0 Å². The van der Waals surface area contributed by atoms with Crippen LogP contribution in [0, 0.1) is 11.8 Å². The van der Waals surface area contributed by atoms with Crippen LogP contribution in [-0.2, 0) is 6.42 Å². The summed E-state index contributed by atoms with van der Waals surface area (Å²) in [4.78, 5) is 0. The molecule has 0 N–H and O–H groups in total. The highest BCUT2D eigenvalue weighted by atomic mass is 15.3. The summed E-state index contributed by atoms with van der Waals surface area (Å²) in [6.07, 6.45) is 5.44. The molecule has 2 heteroatoms. The van der Waals surface area contributed by atoms with Gasteiger partial charge in [-0.3, -0.25) is 4.68 Å². The van der Waals surface area contributed by atoms with Gasteiger partial charge in [-0.25, -0.2) is 0 Å². The van der Waals surface area contributed by atoms with Gasteiger partial charge in [0.15, 0.2) is 0 Å². The van der Waals surface area contributed by atoms with E-state index in [1.165, 1.54) is 30.7 Å². The molecule has 1 heterocycles. The maximum absolute atomic E-state index is 4.73. The lowest BCUT2D eigenvalue weighted by Gasteiger charge is -2.11. The fraction of sp³-hybridized carbons (Fsp3) is 0.786. The highest BCUT2D eigenvalue weighted by Crippen LogP contribution is 2.63. The van der Waals surface area contributed by atoms with E-state index in [0.717, 1.165) is 24.2 Å². The summed E-state index contributed by atoms with van der Waals surface area (Å²) >= 11 is 0. The predicted molar refractivity (Wildman–Crippen MR) is 65.6 cm³/mol. The number of aromatic nitrogens is 2. The molecule has 3 atom stereocenters. The summed E-state index contributed by atoms with van der Waals surface area (Å²) in [5.74, 6) is 2.85. The molecular weight excluding hydrogens is 196 g/mol. The minimum absolute atomic E-state index is 0.511. The van der Waals surface area contributed by atoms with Gasteiger partial charge in [-0.05, 0) is 51.0 Å². The molecule has 2 saturated carbocycles. The van der Waals surface area contributed by atoms with Gasteiger partial charge in [0.2, 0.25) is 0 Å². The number of hydrogen-bond donors (Lipinski definition) is 0. The molecule has 2 fully saturated rings. The SMILES string of the molecule is CCc1cc([C@H]2[C@@H]3CCC[C@@H]32)n(C(C)C)n1. The lowest BCUT2D eigenvalue weighted by atomic mass is 10.1. The van der Waals surface area contributed by atoms with E-state index in [9.17, 15) is 0 Å². The standard InChI is InChI=1S/C14H22N2/c1-4-10-8-13(16(15-10)9(2)3)14-11-6-5-7-12(11)14/h8-9,11-12,14H,4-7H2,1-3H3/t11-,12+,14+. The van der Waals surface area contributed by atoms with Gasteiger partial charge in [0, 0.05) is 17.7 Å². The summed E-state index contributed by atoms with van der Waals surface area (Å²) in [5, 5.41) is 4.73. The van der Waals surface area contributed by atoms with Crippen molar-refractivity contribution in [3.8, 4) is 0 Å².